The maximum Gasteiger partial charge on any atom is 0.120 e. The van der Waals surface area contributed by atoms with Gasteiger partial charge < -0.3 is 10.4 Å². The van der Waals surface area contributed by atoms with Gasteiger partial charge in [-0.25, -0.2) is 0 Å². The van der Waals surface area contributed by atoms with Crippen molar-refractivity contribution in [2.75, 3.05) is 5.32 Å². The highest BCUT2D eigenvalue weighted by molar-refractivity contribution is 9.13. The monoisotopic (exact) mass is 369 g/mol. The molecule has 0 aromatic heterocycles. The summed E-state index contributed by atoms with van der Waals surface area (Å²) in [5.74, 6) is 0.317. The number of anilines is 1. The standard InChI is InChI=1S/C14H13Br2NO/c1-9-2-4-11(7-14(9)18)17-8-10-3-5-12(15)13(16)6-10/h2-7,17-18H,8H2,1H3. The third-order valence-electron chi connectivity index (χ3n) is 2.69. The first-order valence-electron chi connectivity index (χ1n) is 5.53. The van der Waals surface area contributed by atoms with Crippen LogP contribution in [0.15, 0.2) is 45.3 Å². The maximum atomic E-state index is 9.62. The van der Waals surface area contributed by atoms with Crippen molar-refractivity contribution < 1.29 is 5.11 Å². The number of benzene rings is 2. The van der Waals surface area contributed by atoms with Crippen molar-refractivity contribution in [3.63, 3.8) is 0 Å². The normalized spacial score (nSPS) is 10.4. The molecule has 2 aromatic rings. The summed E-state index contributed by atoms with van der Waals surface area (Å²) in [6, 6.07) is 11.7. The Morgan fingerprint density at radius 3 is 2.50 bits per heavy atom. The van der Waals surface area contributed by atoms with Crippen molar-refractivity contribution in [2.45, 2.75) is 13.5 Å². The highest BCUT2D eigenvalue weighted by Gasteiger charge is 2.01. The predicted molar refractivity (Wildman–Crippen MR) is 82.0 cm³/mol. The van der Waals surface area contributed by atoms with E-state index in [-0.39, 0.29) is 0 Å². The van der Waals surface area contributed by atoms with E-state index in [4.69, 9.17) is 0 Å². The molecule has 0 atom stereocenters. The van der Waals surface area contributed by atoms with Crippen molar-refractivity contribution >= 4 is 37.5 Å². The SMILES string of the molecule is Cc1ccc(NCc2ccc(Br)c(Br)c2)cc1O. The van der Waals surface area contributed by atoms with E-state index in [0.717, 1.165) is 20.2 Å². The van der Waals surface area contributed by atoms with Crippen molar-refractivity contribution in [1.82, 2.24) is 0 Å². The number of rotatable bonds is 3. The summed E-state index contributed by atoms with van der Waals surface area (Å²) >= 11 is 6.92. The van der Waals surface area contributed by atoms with Gasteiger partial charge in [0.05, 0.1) is 0 Å². The molecule has 0 bridgehead atoms. The lowest BCUT2D eigenvalue weighted by molar-refractivity contribution is 0.471. The van der Waals surface area contributed by atoms with E-state index in [0.29, 0.717) is 12.3 Å². The van der Waals surface area contributed by atoms with Crippen LogP contribution in [0.5, 0.6) is 5.75 Å². The van der Waals surface area contributed by atoms with Crippen LogP contribution >= 0.6 is 31.9 Å². The summed E-state index contributed by atoms with van der Waals surface area (Å²) < 4.78 is 2.08. The molecule has 2 rings (SSSR count). The zero-order chi connectivity index (χ0) is 13.1. The number of phenolic OH excluding ortho intramolecular Hbond substituents is 1. The number of phenols is 1. The molecule has 94 valence electrons. The molecule has 0 aliphatic carbocycles. The fourth-order valence-corrected chi connectivity index (χ4v) is 2.25. The Bertz CT molecular complexity index is 518. The Kier molecular flexibility index (Phi) is 4.30. The summed E-state index contributed by atoms with van der Waals surface area (Å²) in [5, 5.41) is 12.9. The van der Waals surface area contributed by atoms with Crippen LogP contribution in [-0.2, 0) is 6.54 Å². The summed E-state index contributed by atoms with van der Waals surface area (Å²) in [7, 11) is 0. The van der Waals surface area contributed by atoms with E-state index in [2.05, 4.69) is 49.3 Å². The number of nitrogens with one attached hydrogen (secondary N) is 1. The van der Waals surface area contributed by atoms with Crippen LogP contribution in [0.1, 0.15) is 11.1 Å². The Morgan fingerprint density at radius 1 is 1.06 bits per heavy atom. The third-order valence-corrected chi connectivity index (χ3v) is 4.57. The smallest absolute Gasteiger partial charge is 0.120 e. The first kappa shape index (κ1) is 13.4. The number of aromatic hydroxyl groups is 1. The van der Waals surface area contributed by atoms with Gasteiger partial charge in [-0.05, 0) is 68.1 Å². The number of hydrogen-bond donors (Lipinski definition) is 2. The lowest BCUT2D eigenvalue weighted by Gasteiger charge is -2.09. The van der Waals surface area contributed by atoms with Crippen molar-refractivity contribution in [3.05, 3.63) is 56.5 Å². The van der Waals surface area contributed by atoms with Crippen LogP contribution in [0.2, 0.25) is 0 Å². The summed E-state index contributed by atoms with van der Waals surface area (Å²) in [5.41, 5.74) is 2.97. The molecule has 2 nitrogen and oxygen atoms in total. The second kappa shape index (κ2) is 5.76. The molecule has 2 N–H and O–H groups in total. The average Bonchev–Trinajstić information content (AvgIpc) is 2.35. The van der Waals surface area contributed by atoms with Gasteiger partial charge >= 0.3 is 0 Å². The number of hydrogen-bond acceptors (Lipinski definition) is 2. The molecule has 4 heteroatoms. The summed E-state index contributed by atoms with van der Waals surface area (Å²) in [6.45, 7) is 2.60. The Morgan fingerprint density at radius 2 is 1.83 bits per heavy atom. The van der Waals surface area contributed by atoms with Gasteiger partial charge in [-0.1, -0.05) is 12.1 Å². The zero-order valence-corrected chi connectivity index (χ0v) is 13.0. The van der Waals surface area contributed by atoms with Crippen LogP contribution in [-0.4, -0.2) is 5.11 Å². The Labute approximate surface area is 123 Å². The highest BCUT2D eigenvalue weighted by atomic mass is 79.9. The fourth-order valence-electron chi connectivity index (χ4n) is 1.57. The van der Waals surface area contributed by atoms with Crippen LogP contribution in [0.3, 0.4) is 0 Å². The predicted octanol–water partition coefficient (Wildman–Crippen LogP) is 4.84. The molecule has 18 heavy (non-hydrogen) atoms. The van der Waals surface area contributed by atoms with Gasteiger partial charge in [-0.2, -0.15) is 0 Å². The number of halogens is 2. The lowest BCUT2D eigenvalue weighted by Crippen LogP contribution is -1.99. The molecule has 0 aliphatic rings. The minimum Gasteiger partial charge on any atom is -0.508 e. The average molecular weight is 371 g/mol. The van der Waals surface area contributed by atoms with E-state index >= 15 is 0 Å². The van der Waals surface area contributed by atoms with E-state index in [1.54, 1.807) is 6.07 Å². The van der Waals surface area contributed by atoms with Crippen LogP contribution in [0.25, 0.3) is 0 Å². The summed E-state index contributed by atoms with van der Waals surface area (Å²) in [4.78, 5) is 0. The molecule has 0 aliphatic heterocycles. The van der Waals surface area contributed by atoms with Gasteiger partial charge in [-0.3, -0.25) is 0 Å². The quantitative estimate of drug-likeness (QED) is 0.810. The van der Waals surface area contributed by atoms with Crippen molar-refractivity contribution in [3.8, 4) is 5.75 Å². The molecule has 0 unspecified atom stereocenters. The highest BCUT2D eigenvalue weighted by Crippen LogP contribution is 2.25. The van der Waals surface area contributed by atoms with E-state index < -0.39 is 0 Å². The molecule has 0 heterocycles. The topological polar surface area (TPSA) is 32.3 Å². The van der Waals surface area contributed by atoms with Gasteiger partial charge in [0.15, 0.2) is 0 Å². The van der Waals surface area contributed by atoms with Gasteiger partial charge in [0, 0.05) is 27.2 Å². The van der Waals surface area contributed by atoms with Gasteiger partial charge in [0.25, 0.3) is 0 Å². The molecule has 0 saturated carbocycles. The van der Waals surface area contributed by atoms with Gasteiger partial charge in [-0.15, -0.1) is 0 Å². The van der Waals surface area contributed by atoms with Crippen molar-refractivity contribution in [2.24, 2.45) is 0 Å². The van der Waals surface area contributed by atoms with Crippen LogP contribution in [0, 0.1) is 6.92 Å². The Balaban J connectivity index is 2.06. The van der Waals surface area contributed by atoms with Gasteiger partial charge in [0.2, 0.25) is 0 Å². The van der Waals surface area contributed by atoms with Crippen LogP contribution < -0.4 is 5.32 Å². The fraction of sp³-hybridized carbons (Fsp3) is 0.143. The molecular weight excluding hydrogens is 358 g/mol. The molecule has 0 amide bonds. The van der Waals surface area contributed by atoms with Crippen molar-refractivity contribution in [1.29, 1.82) is 0 Å². The first-order chi connectivity index (χ1) is 8.56. The van der Waals surface area contributed by atoms with E-state index in [1.165, 1.54) is 5.56 Å². The summed E-state index contributed by atoms with van der Waals surface area (Å²) in [6.07, 6.45) is 0. The van der Waals surface area contributed by atoms with Crippen LogP contribution in [0.4, 0.5) is 5.69 Å². The van der Waals surface area contributed by atoms with E-state index in [1.807, 2.05) is 25.1 Å². The molecule has 0 radical (unpaired) electrons. The molecular formula is C14H13Br2NO. The molecule has 0 spiro atoms. The largest absolute Gasteiger partial charge is 0.508 e. The number of aryl methyl sites for hydroxylation is 1. The minimum absolute atomic E-state index is 0.317. The van der Waals surface area contributed by atoms with Gasteiger partial charge in [0.1, 0.15) is 5.75 Å². The maximum absolute atomic E-state index is 9.62. The first-order valence-corrected chi connectivity index (χ1v) is 7.12. The second-order valence-electron chi connectivity index (χ2n) is 4.10. The Hall–Kier alpha value is -1.000. The molecule has 2 aromatic carbocycles. The third kappa shape index (κ3) is 3.27. The lowest BCUT2D eigenvalue weighted by atomic mass is 10.2. The second-order valence-corrected chi connectivity index (χ2v) is 5.81. The molecule has 0 saturated heterocycles. The zero-order valence-electron chi connectivity index (χ0n) is 9.87. The van der Waals surface area contributed by atoms with E-state index in [9.17, 15) is 5.11 Å². The minimum atomic E-state index is 0.317. The molecule has 0 fully saturated rings.